The Bertz CT molecular complexity index is 698. The summed E-state index contributed by atoms with van der Waals surface area (Å²) in [5, 5.41) is 2.66. The second kappa shape index (κ2) is 6.52. The minimum Gasteiger partial charge on any atom is -0.307 e. The fraction of sp³-hybridized carbons (Fsp3) is 0.222. The van der Waals surface area contributed by atoms with Gasteiger partial charge in [0.15, 0.2) is 0 Å². The number of amides is 3. The van der Waals surface area contributed by atoms with Crippen LogP contribution in [0.1, 0.15) is 23.5 Å². The van der Waals surface area contributed by atoms with Crippen molar-refractivity contribution in [2.75, 3.05) is 5.32 Å². The molecule has 0 heterocycles. The van der Waals surface area contributed by atoms with Crippen LogP contribution < -0.4 is 16.2 Å². The molecule has 0 aromatic heterocycles. The van der Waals surface area contributed by atoms with E-state index in [4.69, 9.17) is 0 Å². The molecule has 0 saturated heterocycles. The van der Waals surface area contributed by atoms with Gasteiger partial charge in [-0.3, -0.25) is 10.2 Å². The molecule has 0 bridgehead atoms. The van der Waals surface area contributed by atoms with Crippen molar-refractivity contribution in [1.82, 2.24) is 10.9 Å². The van der Waals surface area contributed by atoms with E-state index in [2.05, 4.69) is 16.2 Å². The summed E-state index contributed by atoms with van der Waals surface area (Å²) in [6.45, 7) is 1.98. The van der Waals surface area contributed by atoms with E-state index in [0.717, 1.165) is 17.5 Å². The first kappa shape index (κ1) is 15.1. The number of carbonyl (C=O) groups excluding carboxylic acids is 2. The van der Waals surface area contributed by atoms with Crippen molar-refractivity contribution in [3.8, 4) is 0 Å². The van der Waals surface area contributed by atoms with E-state index in [-0.39, 0.29) is 17.7 Å². The van der Waals surface area contributed by atoms with Gasteiger partial charge in [-0.15, -0.1) is 0 Å². The van der Waals surface area contributed by atoms with Crippen molar-refractivity contribution in [3.05, 3.63) is 65.7 Å². The molecule has 2 unspecified atom stereocenters. The lowest BCUT2D eigenvalue weighted by molar-refractivity contribution is -0.123. The Morgan fingerprint density at radius 2 is 1.65 bits per heavy atom. The number of nitrogens with one attached hydrogen (secondary N) is 3. The van der Waals surface area contributed by atoms with E-state index >= 15 is 0 Å². The van der Waals surface area contributed by atoms with Crippen LogP contribution in [0.3, 0.4) is 0 Å². The third-order valence-electron chi connectivity index (χ3n) is 3.96. The smallest absolute Gasteiger partial charge is 0.307 e. The third-order valence-corrected chi connectivity index (χ3v) is 3.96. The summed E-state index contributed by atoms with van der Waals surface area (Å²) < 4.78 is 0. The number of aryl methyl sites for hydroxylation is 1. The number of benzene rings is 2. The Morgan fingerprint density at radius 3 is 2.35 bits per heavy atom. The summed E-state index contributed by atoms with van der Waals surface area (Å²) in [6, 6.07) is 16.9. The molecule has 1 aliphatic carbocycles. The molecule has 5 nitrogen and oxygen atoms in total. The van der Waals surface area contributed by atoms with Crippen LogP contribution >= 0.6 is 0 Å². The molecule has 1 aliphatic rings. The molecule has 0 radical (unpaired) electrons. The topological polar surface area (TPSA) is 70.2 Å². The van der Waals surface area contributed by atoms with Gasteiger partial charge < -0.3 is 5.32 Å². The van der Waals surface area contributed by atoms with Crippen LogP contribution in [0.4, 0.5) is 10.5 Å². The quantitative estimate of drug-likeness (QED) is 0.763. The molecule has 118 valence electrons. The van der Waals surface area contributed by atoms with Gasteiger partial charge in [-0.05, 0) is 37.0 Å². The molecule has 3 rings (SSSR count). The Morgan fingerprint density at radius 1 is 0.957 bits per heavy atom. The van der Waals surface area contributed by atoms with Crippen molar-refractivity contribution in [2.24, 2.45) is 5.92 Å². The summed E-state index contributed by atoms with van der Waals surface area (Å²) in [5.74, 6) is 0.0214. The molecule has 3 amide bonds. The van der Waals surface area contributed by atoms with Gasteiger partial charge in [0, 0.05) is 11.6 Å². The maximum absolute atomic E-state index is 12.0. The van der Waals surface area contributed by atoms with Crippen molar-refractivity contribution < 1.29 is 9.59 Å². The summed E-state index contributed by atoms with van der Waals surface area (Å²) in [4.78, 5) is 23.8. The van der Waals surface area contributed by atoms with Crippen LogP contribution in [0.2, 0.25) is 0 Å². The molecule has 0 aliphatic heterocycles. The van der Waals surface area contributed by atoms with Crippen LogP contribution in [-0.4, -0.2) is 11.9 Å². The molecule has 2 aromatic carbocycles. The molecular formula is C18H19N3O2. The SMILES string of the molecule is Cc1ccc(NC(=O)NNC(=O)C2CC2c2ccccc2)cc1. The first-order chi connectivity index (χ1) is 11.1. The summed E-state index contributed by atoms with van der Waals surface area (Å²) >= 11 is 0. The van der Waals surface area contributed by atoms with Crippen molar-refractivity contribution >= 4 is 17.6 Å². The third kappa shape index (κ3) is 3.88. The predicted molar refractivity (Wildman–Crippen MR) is 88.8 cm³/mol. The van der Waals surface area contributed by atoms with E-state index in [0.29, 0.717) is 5.69 Å². The Hall–Kier alpha value is -2.82. The van der Waals surface area contributed by atoms with Gasteiger partial charge in [0.2, 0.25) is 5.91 Å². The van der Waals surface area contributed by atoms with Crippen molar-refractivity contribution in [2.45, 2.75) is 19.3 Å². The first-order valence-corrected chi connectivity index (χ1v) is 7.62. The molecule has 1 fully saturated rings. The van der Waals surface area contributed by atoms with Crippen molar-refractivity contribution in [1.29, 1.82) is 0 Å². The number of hydrazine groups is 1. The highest BCUT2D eigenvalue weighted by molar-refractivity contribution is 5.91. The molecule has 3 N–H and O–H groups in total. The lowest BCUT2D eigenvalue weighted by Crippen LogP contribution is -2.44. The number of rotatable bonds is 3. The van der Waals surface area contributed by atoms with Crippen molar-refractivity contribution in [3.63, 3.8) is 0 Å². The second-order valence-corrected chi connectivity index (χ2v) is 5.79. The number of hydrogen-bond acceptors (Lipinski definition) is 2. The highest BCUT2D eigenvalue weighted by atomic mass is 16.2. The van der Waals surface area contributed by atoms with Gasteiger partial charge in [-0.1, -0.05) is 48.0 Å². The molecule has 1 saturated carbocycles. The highest BCUT2D eigenvalue weighted by Crippen LogP contribution is 2.47. The largest absolute Gasteiger partial charge is 0.337 e. The Kier molecular flexibility index (Phi) is 4.28. The van der Waals surface area contributed by atoms with Gasteiger partial charge in [0.25, 0.3) is 0 Å². The van der Waals surface area contributed by atoms with E-state index in [9.17, 15) is 9.59 Å². The second-order valence-electron chi connectivity index (χ2n) is 5.79. The molecule has 2 aromatic rings. The molecule has 2 atom stereocenters. The molecular weight excluding hydrogens is 290 g/mol. The van der Waals surface area contributed by atoms with E-state index in [1.165, 1.54) is 0 Å². The monoisotopic (exact) mass is 309 g/mol. The zero-order valence-corrected chi connectivity index (χ0v) is 12.9. The Balaban J connectivity index is 1.44. The lowest BCUT2D eigenvalue weighted by atomic mass is 10.1. The normalized spacial score (nSPS) is 18.8. The minimum atomic E-state index is -0.459. The molecule has 0 spiro atoms. The van der Waals surface area contributed by atoms with Gasteiger partial charge in [-0.2, -0.15) is 0 Å². The summed E-state index contributed by atoms with van der Waals surface area (Å²) in [6.07, 6.45) is 0.817. The maximum atomic E-state index is 12.0. The van der Waals surface area contributed by atoms with Crippen LogP contribution in [0.5, 0.6) is 0 Å². The lowest BCUT2D eigenvalue weighted by Gasteiger charge is -2.09. The van der Waals surface area contributed by atoms with Gasteiger partial charge in [-0.25, -0.2) is 10.2 Å². The van der Waals surface area contributed by atoms with Gasteiger partial charge in [0.05, 0.1) is 0 Å². The van der Waals surface area contributed by atoms with Crippen LogP contribution in [0.25, 0.3) is 0 Å². The van der Waals surface area contributed by atoms with Gasteiger partial charge in [0.1, 0.15) is 0 Å². The molecule has 5 heteroatoms. The summed E-state index contributed by atoms with van der Waals surface area (Å²) in [5.41, 5.74) is 7.82. The van der Waals surface area contributed by atoms with E-state index < -0.39 is 6.03 Å². The average molecular weight is 309 g/mol. The van der Waals surface area contributed by atoms with Crippen LogP contribution in [0.15, 0.2) is 54.6 Å². The average Bonchev–Trinajstić information content (AvgIpc) is 3.36. The van der Waals surface area contributed by atoms with Crippen LogP contribution in [-0.2, 0) is 4.79 Å². The number of urea groups is 1. The molecule has 23 heavy (non-hydrogen) atoms. The van der Waals surface area contributed by atoms with Crippen LogP contribution in [0, 0.1) is 12.8 Å². The maximum Gasteiger partial charge on any atom is 0.337 e. The standard InChI is InChI=1S/C18H19N3O2/c1-12-7-9-14(10-8-12)19-18(23)21-20-17(22)16-11-15(16)13-5-3-2-4-6-13/h2-10,15-16H,11H2,1H3,(H,20,22)(H2,19,21,23). The number of anilines is 1. The highest BCUT2D eigenvalue weighted by Gasteiger charge is 2.43. The Labute approximate surface area is 135 Å². The zero-order valence-electron chi connectivity index (χ0n) is 12.9. The summed E-state index contributed by atoms with van der Waals surface area (Å²) in [7, 11) is 0. The zero-order chi connectivity index (χ0) is 16.2. The number of hydrogen-bond donors (Lipinski definition) is 3. The fourth-order valence-electron chi connectivity index (χ4n) is 2.56. The van der Waals surface area contributed by atoms with E-state index in [1.54, 1.807) is 0 Å². The van der Waals surface area contributed by atoms with E-state index in [1.807, 2.05) is 61.5 Å². The van der Waals surface area contributed by atoms with Gasteiger partial charge >= 0.3 is 6.03 Å². The minimum absolute atomic E-state index is 0.0722. The predicted octanol–water partition coefficient (Wildman–Crippen LogP) is 2.95. The fourth-order valence-corrected chi connectivity index (χ4v) is 2.56. The first-order valence-electron chi connectivity index (χ1n) is 7.62. The number of carbonyl (C=O) groups is 2.